The lowest BCUT2D eigenvalue weighted by molar-refractivity contribution is -0.118. The number of aromatic nitrogens is 2. The van der Waals surface area contributed by atoms with Crippen molar-refractivity contribution in [3.8, 4) is 11.4 Å². The van der Waals surface area contributed by atoms with Crippen LogP contribution < -0.4 is 5.32 Å². The first-order valence-corrected chi connectivity index (χ1v) is 10.9. The molecule has 0 unspecified atom stereocenters. The van der Waals surface area contributed by atoms with Crippen molar-refractivity contribution in [2.45, 2.75) is 31.8 Å². The van der Waals surface area contributed by atoms with Gasteiger partial charge in [0.15, 0.2) is 5.82 Å². The zero-order valence-electron chi connectivity index (χ0n) is 17.0. The molecule has 30 heavy (non-hydrogen) atoms. The van der Waals surface area contributed by atoms with Crippen molar-refractivity contribution in [3.63, 3.8) is 0 Å². The van der Waals surface area contributed by atoms with Crippen molar-refractivity contribution in [1.82, 2.24) is 15.3 Å². The lowest BCUT2D eigenvalue weighted by atomic mass is 10.1. The maximum absolute atomic E-state index is 12.4. The average Bonchev–Trinajstić information content (AvgIpc) is 3.29. The molecule has 0 spiro atoms. The zero-order chi connectivity index (χ0) is 20.9. The molecule has 2 heterocycles. The smallest absolute Gasteiger partial charge is 0.230 e. The summed E-state index contributed by atoms with van der Waals surface area (Å²) in [5, 5.41) is 4.68. The molecule has 2 aromatic heterocycles. The molecule has 4 aromatic rings. The molecule has 0 saturated carbocycles. The van der Waals surface area contributed by atoms with E-state index in [-0.39, 0.29) is 11.7 Å². The van der Waals surface area contributed by atoms with E-state index in [9.17, 15) is 4.79 Å². The highest BCUT2D eigenvalue weighted by Crippen LogP contribution is 2.29. The van der Waals surface area contributed by atoms with E-state index in [0.717, 1.165) is 39.2 Å². The maximum atomic E-state index is 12.4. The molecule has 0 fully saturated rings. The van der Waals surface area contributed by atoms with Gasteiger partial charge in [0.25, 0.3) is 0 Å². The van der Waals surface area contributed by atoms with Crippen LogP contribution in [0.25, 0.3) is 22.3 Å². The number of hydrogen-bond donors (Lipinski definition) is 1. The van der Waals surface area contributed by atoms with Gasteiger partial charge in [-0.15, -0.1) is 0 Å². The van der Waals surface area contributed by atoms with Crippen LogP contribution in [0.4, 0.5) is 0 Å². The number of aryl methyl sites for hydroxylation is 2. The average molecular weight is 418 g/mol. The van der Waals surface area contributed by atoms with Crippen molar-refractivity contribution < 1.29 is 9.21 Å². The van der Waals surface area contributed by atoms with Gasteiger partial charge in [0, 0.05) is 10.9 Å². The number of nitrogens with one attached hydrogen (secondary N) is 1. The predicted molar refractivity (Wildman–Crippen MR) is 120 cm³/mol. The molecule has 5 nitrogen and oxygen atoms in total. The van der Waals surface area contributed by atoms with Gasteiger partial charge in [-0.2, -0.15) is 0 Å². The summed E-state index contributed by atoms with van der Waals surface area (Å²) in [7, 11) is 0. The molecule has 2 aromatic carbocycles. The Balaban J connectivity index is 1.61. The van der Waals surface area contributed by atoms with E-state index in [1.807, 2.05) is 24.3 Å². The maximum Gasteiger partial charge on any atom is 0.230 e. The number of furan rings is 1. The first-order valence-electron chi connectivity index (χ1n) is 9.92. The quantitative estimate of drug-likeness (QED) is 0.332. The molecule has 0 aliphatic heterocycles. The van der Waals surface area contributed by atoms with Crippen LogP contribution in [0, 0.1) is 6.92 Å². The SMILES string of the molecule is CCc1ccc2nc(-c3cccc(C)c3)nc(SCC(=O)NCc3ccco3)c2c1. The zero-order valence-corrected chi connectivity index (χ0v) is 17.8. The number of carbonyl (C=O) groups is 1. The molecule has 0 atom stereocenters. The Morgan fingerprint density at radius 1 is 1.10 bits per heavy atom. The van der Waals surface area contributed by atoms with Crippen molar-refractivity contribution >= 4 is 28.6 Å². The molecule has 152 valence electrons. The van der Waals surface area contributed by atoms with Crippen LogP contribution in [-0.4, -0.2) is 21.6 Å². The predicted octanol–water partition coefficient (Wildman–Crippen LogP) is 5.17. The monoisotopic (exact) mass is 417 g/mol. The number of fused-ring (bicyclic) bond motifs is 1. The number of rotatable bonds is 7. The Bertz CT molecular complexity index is 1170. The second kappa shape index (κ2) is 9.13. The van der Waals surface area contributed by atoms with E-state index >= 15 is 0 Å². The highest BCUT2D eigenvalue weighted by molar-refractivity contribution is 8.00. The molecule has 1 N–H and O–H groups in total. The summed E-state index contributed by atoms with van der Waals surface area (Å²) in [6, 6.07) is 18.1. The number of benzene rings is 2. The van der Waals surface area contributed by atoms with Gasteiger partial charge in [0.2, 0.25) is 5.91 Å². The van der Waals surface area contributed by atoms with Gasteiger partial charge >= 0.3 is 0 Å². The number of amides is 1. The topological polar surface area (TPSA) is 68.0 Å². The van der Waals surface area contributed by atoms with Crippen LogP contribution in [0.3, 0.4) is 0 Å². The van der Waals surface area contributed by atoms with Crippen molar-refractivity contribution in [1.29, 1.82) is 0 Å². The lowest BCUT2D eigenvalue weighted by Gasteiger charge is -2.10. The van der Waals surface area contributed by atoms with Gasteiger partial charge in [-0.1, -0.05) is 48.5 Å². The van der Waals surface area contributed by atoms with E-state index in [0.29, 0.717) is 12.4 Å². The molecule has 0 saturated heterocycles. The Labute approximate surface area is 179 Å². The van der Waals surface area contributed by atoms with E-state index in [2.05, 4.69) is 43.4 Å². The van der Waals surface area contributed by atoms with Crippen molar-refractivity contribution in [2.75, 3.05) is 5.75 Å². The summed E-state index contributed by atoms with van der Waals surface area (Å²) in [5.74, 6) is 1.62. The second-order valence-electron chi connectivity index (χ2n) is 7.07. The largest absolute Gasteiger partial charge is 0.467 e. The van der Waals surface area contributed by atoms with Gasteiger partial charge in [-0.05, 0) is 49.2 Å². The summed E-state index contributed by atoms with van der Waals surface area (Å²) in [4.78, 5) is 22.0. The summed E-state index contributed by atoms with van der Waals surface area (Å²) in [6.45, 7) is 4.56. The van der Waals surface area contributed by atoms with Crippen LogP contribution >= 0.6 is 11.8 Å². The van der Waals surface area contributed by atoms with Crippen LogP contribution in [0.2, 0.25) is 0 Å². The Morgan fingerprint density at radius 2 is 2.00 bits per heavy atom. The summed E-state index contributed by atoms with van der Waals surface area (Å²) in [5.41, 5.74) is 4.24. The number of nitrogens with zero attached hydrogens (tertiary/aromatic N) is 2. The number of thioether (sulfide) groups is 1. The highest BCUT2D eigenvalue weighted by atomic mass is 32.2. The van der Waals surface area contributed by atoms with Crippen LogP contribution in [0.1, 0.15) is 23.8 Å². The molecular formula is C24H23N3O2S. The fourth-order valence-electron chi connectivity index (χ4n) is 3.17. The molecule has 4 rings (SSSR count). The molecule has 6 heteroatoms. The van der Waals surface area contributed by atoms with Gasteiger partial charge in [0.1, 0.15) is 10.8 Å². The van der Waals surface area contributed by atoms with Gasteiger partial charge in [-0.3, -0.25) is 4.79 Å². The normalized spacial score (nSPS) is 11.0. The van der Waals surface area contributed by atoms with Gasteiger partial charge < -0.3 is 9.73 Å². The van der Waals surface area contributed by atoms with E-state index in [4.69, 9.17) is 14.4 Å². The molecular weight excluding hydrogens is 394 g/mol. The standard InChI is InChI=1S/C24H23N3O2S/c1-3-17-9-10-21-20(13-17)24(27-23(26-21)18-7-4-6-16(2)12-18)30-15-22(28)25-14-19-8-5-11-29-19/h4-13H,3,14-15H2,1-2H3,(H,25,28). The van der Waals surface area contributed by atoms with Crippen LogP contribution in [0.5, 0.6) is 0 Å². The first kappa shape index (κ1) is 20.2. The van der Waals surface area contributed by atoms with E-state index < -0.39 is 0 Å². The third-order valence-corrected chi connectivity index (χ3v) is 5.78. The fraction of sp³-hybridized carbons (Fsp3) is 0.208. The second-order valence-corrected chi connectivity index (χ2v) is 8.04. The molecule has 0 aliphatic rings. The minimum absolute atomic E-state index is 0.0630. The summed E-state index contributed by atoms with van der Waals surface area (Å²) in [6.07, 6.45) is 2.53. The van der Waals surface area contributed by atoms with Gasteiger partial charge in [0.05, 0.1) is 24.1 Å². The molecule has 0 aliphatic carbocycles. The van der Waals surface area contributed by atoms with E-state index in [1.54, 1.807) is 12.3 Å². The molecule has 1 amide bonds. The fourth-order valence-corrected chi connectivity index (χ4v) is 4.01. The third kappa shape index (κ3) is 4.71. The Morgan fingerprint density at radius 3 is 2.77 bits per heavy atom. The molecule has 0 bridgehead atoms. The Hall–Kier alpha value is -3.12. The van der Waals surface area contributed by atoms with Crippen molar-refractivity contribution in [2.24, 2.45) is 0 Å². The number of carbonyl (C=O) groups excluding carboxylic acids is 1. The highest BCUT2D eigenvalue weighted by Gasteiger charge is 2.13. The number of hydrogen-bond acceptors (Lipinski definition) is 5. The Kier molecular flexibility index (Phi) is 6.14. The summed E-state index contributed by atoms with van der Waals surface area (Å²) >= 11 is 1.43. The molecule has 0 radical (unpaired) electrons. The van der Waals surface area contributed by atoms with E-state index in [1.165, 1.54) is 17.3 Å². The van der Waals surface area contributed by atoms with Crippen LogP contribution in [-0.2, 0) is 17.8 Å². The third-order valence-electron chi connectivity index (χ3n) is 4.79. The minimum Gasteiger partial charge on any atom is -0.467 e. The van der Waals surface area contributed by atoms with Crippen LogP contribution in [0.15, 0.2) is 70.3 Å². The van der Waals surface area contributed by atoms with Gasteiger partial charge in [-0.25, -0.2) is 9.97 Å². The summed E-state index contributed by atoms with van der Waals surface area (Å²) < 4.78 is 5.26. The van der Waals surface area contributed by atoms with Crippen molar-refractivity contribution in [3.05, 3.63) is 77.7 Å². The minimum atomic E-state index is -0.0630. The lowest BCUT2D eigenvalue weighted by Crippen LogP contribution is -2.24. The first-order chi connectivity index (χ1) is 14.6.